The molecular formula is C3H10MgO2. The molecule has 3 heteroatoms. The van der Waals surface area contributed by atoms with E-state index in [1.807, 2.05) is 0 Å². The van der Waals surface area contributed by atoms with Crippen LogP contribution in [-0.2, 0) is 4.74 Å². The molecule has 1 atom stereocenters. The number of hydrogen-bond donors (Lipinski definition) is 1. The van der Waals surface area contributed by atoms with E-state index < -0.39 is 6.29 Å². The fraction of sp³-hybridized carbons (Fsp3) is 1.00. The third kappa shape index (κ3) is 8.82. The molecule has 1 unspecified atom stereocenters. The van der Waals surface area contributed by atoms with Crippen molar-refractivity contribution < 1.29 is 9.84 Å². The quantitative estimate of drug-likeness (QED) is 0.342. The van der Waals surface area contributed by atoms with Crippen LogP contribution in [-0.4, -0.2) is 41.6 Å². The standard InChI is InChI=1S/C3H8O2.Mg.2H/c1-3(4)5-2;;;/h3-4H,1-2H3;;;. The van der Waals surface area contributed by atoms with Crippen LogP contribution < -0.4 is 0 Å². The van der Waals surface area contributed by atoms with E-state index in [9.17, 15) is 0 Å². The van der Waals surface area contributed by atoms with Crippen LogP contribution in [0.2, 0.25) is 0 Å². The molecule has 6 heavy (non-hydrogen) atoms. The Kier molecular flexibility index (Phi) is 9.33. The minimum Gasteiger partial charge on any atom is -0.368 e. The maximum atomic E-state index is 8.14. The monoisotopic (exact) mass is 102 g/mol. The molecule has 0 aliphatic rings. The molecule has 0 aliphatic carbocycles. The molecule has 0 saturated carbocycles. The van der Waals surface area contributed by atoms with Crippen LogP contribution in [0.3, 0.4) is 0 Å². The van der Waals surface area contributed by atoms with Gasteiger partial charge in [-0.25, -0.2) is 0 Å². The first kappa shape index (κ1) is 9.84. The molecular weight excluding hydrogens is 92.3 g/mol. The molecule has 0 fully saturated rings. The highest BCUT2D eigenvalue weighted by atomic mass is 24.3. The molecule has 0 spiro atoms. The van der Waals surface area contributed by atoms with Crippen LogP contribution in [0.4, 0.5) is 0 Å². The summed E-state index contributed by atoms with van der Waals surface area (Å²) in [6, 6.07) is 0. The van der Waals surface area contributed by atoms with Crippen molar-refractivity contribution in [1.29, 1.82) is 0 Å². The molecule has 0 heterocycles. The van der Waals surface area contributed by atoms with Crippen molar-refractivity contribution in [1.82, 2.24) is 0 Å². The second-order valence-electron chi connectivity index (χ2n) is 0.835. The van der Waals surface area contributed by atoms with Gasteiger partial charge >= 0.3 is 23.1 Å². The first-order valence-corrected chi connectivity index (χ1v) is 1.48. The zero-order valence-corrected chi connectivity index (χ0v) is 3.43. The van der Waals surface area contributed by atoms with Crippen molar-refractivity contribution in [3.8, 4) is 0 Å². The number of ether oxygens (including phenoxy) is 1. The van der Waals surface area contributed by atoms with E-state index in [2.05, 4.69) is 4.74 Å². The molecule has 0 radical (unpaired) electrons. The average molecular weight is 102 g/mol. The summed E-state index contributed by atoms with van der Waals surface area (Å²) in [7, 11) is 1.45. The Bertz CT molecular complexity index is 22.8. The van der Waals surface area contributed by atoms with Crippen LogP contribution in [0, 0.1) is 0 Å². The smallest absolute Gasteiger partial charge is 0.316 e. The summed E-state index contributed by atoms with van der Waals surface area (Å²) >= 11 is 0. The van der Waals surface area contributed by atoms with E-state index in [0.717, 1.165) is 0 Å². The fourth-order valence-corrected chi connectivity index (χ4v) is 0. The number of aliphatic hydroxyl groups excluding tert-OH is 1. The predicted octanol–water partition coefficient (Wildman–Crippen LogP) is -0.945. The third-order valence-electron chi connectivity index (χ3n) is 0.341. The summed E-state index contributed by atoms with van der Waals surface area (Å²) in [5, 5.41) is 8.14. The summed E-state index contributed by atoms with van der Waals surface area (Å²) in [6.45, 7) is 1.56. The molecule has 0 rings (SSSR count). The predicted molar refractivity (Wildman–Crippen MR) is 27.2 cm³/mol. The van der Waals surface area contributed by atoms with Gasteiger partial charge in [0.05, 0.1) is 0 Å². The molecule has 0 aromatic heterocycles. The lowest BCUT2D eigenvalue weighted by Crippen LogP contribution is -1.99. The topological polar surface area (TPSA) is 29.5 Å². The van der Waals surface area contributed by atoms with Gasteiger partial charge in [-0.1, -0.05) is 0 Å². The Hall–Kier alpha value is 0.686. The minimum atomic E-state index is -0.616. The Morgan fingerprint density at radius 1 is 1.67 bits per heavy atom. The van der Waals surface area contributed by atoms with Crippen LogP contribution in [0.25, 0.3) is 0 Å². The third-order valence-corrected chi connectivity index (χ3v) is 0.341. The number of rotatable bonds is 1. The number of aliphatic hydroxyl groups is 1. The highest BCUT2D eigenvalue weighted by molar-refractivity contribution is 5.75. The van der Waals surface area contributed by atoms with Gasteiger partial charge in [0.1, 0.15) is 0 Å². The summed E-state index contributed by atoms with van der Waals surface area (Å²) in [6.07, 6.45) is -0.616. The van der Waals surface area contributed by atoms with Crippen molar-refractivity contribution in [2.75, 3.05) is 7.11 Å². The van der Waals surface area contributed by atoms with Crippen molar-refractivity contribution in [2.24, 2.45) is 0 Å². The zero-order valence-electron chi connectivity index (χ0n) is 3.43. The SMILES string of the molecule is COC(C)O.[MgH2]. The van der Waals surface area contributed by atoms with E-state index in [-0.39, 0.29) is 23.1 Å². The first-order chi connectivity index (χ1) is 2.27. The van der Waals surface area contributed by atoms with Gasteiger partial charge in [-0.15, -0.1) is 0 Å². The normalized spacial score (nSPS) is 12.5. The fourth-order valence-electron chi connectivity index (χ4n) is 0. The second-order valence-corrected chi connectivity index (χ2v) is 0.835. The largest absolute Gasteiger partial charge is 0.368 e. The number of methoxy groups -OCH3 is 1. The minimum absolute atomic E-state index is 0. The van der Waals surface area contributed by atoms with Gasteiger partial charge < -0.3 is 9.84 Å². The average Bonchev–Trinajstić information content (AvgIpc) is 1.38. The summed E-state index contributed by atoms with van der Waals surface area (Å²) in [5.74, 6) is 0. The number of hydrogen-bond acceptors (Lipinski definition) is 2. The maximum absolute atomic E-state index is 8.14. The Morgan fingerprint density at radius 3 is 1.83 bits per heavy atom. The van der Waals surface area contributed by atoms with Crippen LogP contribution >= 0.6 is 0 Å². The van der Waals surface area contributed by atoms with E-state index in [0.29, 0.717) is 0 Å². The van der Waals surface area contributed by atoms with Gasteiger partial charge in [-0.3, -0.25) is 0 Å². The summed E-state index contributed by atoms with van der Waals surface area (Å²) in [5.41, 5.74) is 0. The molecule has 36 valence electrons. The van der Waals surface area contributed by atoms with Gasteiger partial charge in [-0.05, 0) is 6.92 Å². The van der Waals surface area contributed by atoms with E-state index >= 15 is 0 Å². The van der Waals surface area contributed by atoms with Gasteiger partial charge in [0.2, 0.25) is 0 Å². The van der Waals surface area contributed by atoms with Gasteiger partial charge in [0, 0.05) is 7.11 Å². The zero-order chi connectivity index (χ0) is 4.28. The molecule has 0 aliphatic heterocycles. The van der Waals surface area contributed by atoms with Crippen LogP contribution in [0.1, 0.15) is 6.92 Å². The Morgan fingerprint density at radius 2 is 1.83 bits per heavy atom. The van der Waals surface area contributed by atoms with Gasteiger partial charge in [0.15, 0.2) is 6.29 Å². The summed E-state index contributed by atoms with van der Waals surface area (Å²) < 4.78 is 4.31. The van der Waals surface area contributed by atoms with Crippen molar-refractivity contribution in [3.05, 3.63) is 0 Å². The molecule has 0 bridgehead atoms. The van der Waals surface area contributed by atoms with Crippen LogP contribution in [0.5, 0.6) is 0 Å². The lowest BCUT2D eigenvalue weighted by atomic mass is 10.8. The highest BCUT2D eigenvalue weighted by Gasteiger charge is 1.80. The second kappa shape index (κ2) is 5.69. The molecule has 2 nitrogen and oxygen atoms in total. The van der Waals surface area contributed by atoms with Crippen molar-refractivity contribution in [3.63, 3.8) is 0 Å². The van der Waals surface area contributed by atoms with Gasteiger partial charge in [-0.2, -0.15) is 0 Å². The van der Waals surface area contributed by atoms with E-state index in [1.54, 1.807) is 6.92 Å². The van der Waals surface area contributed by atoms with Gasteiger partial charge in [0.25, 0.3) is 0 Å². The molecule has 0 saturated heterocycles. The molecule has 1 N–H and O–H groups in total. The van der Waals surface area contributed by atoms with Crippen LogP contribution in [0.15, 0.2) is 0 Å². The lowest BCUT2D eigenvalue weighted by molar-refractivity contribution is -0.0583. The Labute approximate surface area is 53.6 Å². The summed E-state index contributed by atoms with van der Waals surface area (Å²) in [4.78, 5) is 0. The van der Waals surface area contributed by atoms with Crippen molar-refractivity contribution >= 4 is 23.1 Å². The molecule has 0 aromatic carbocycles. The lowest BCUT2D eigenvalue weighted by Gasteiger charge is -1.94. The van der Waals surface area contributed by atoms with E-state index in [1.165, 1.54) is 7.11 Å². The van der Waals surface area contributed by atoms with E-state index in [4.69, 9.17) is 5.11 Å². The first-order valence-electron chi connectivity index (χ1n) is 1.48. The molecule has 0 amide bonds. The highest BCUT2D eigenvalue weighted by Crippen LogP contribution is 1.72. The molecule has 0 aromatic rings. The Balaban J connectivity index is 0. The maximum Gasteiger partial charge on any atom is 0.316 e. The van der Waals surface area contributed by atoms with Crippen molar-refractivity contribution in [2.45, 2.75) is 13.2 Å².